The molecule has 1 aromatic carbocycles. The number of nitrogens with one attached hydrogen (secondary N) is 1. The van der Waals surface area contributed by atoms with E-state index >= 15 is 0 Å². The summed E-state index contributed by atoms with van der Waals surface area (Å²) in [6.45, 7) is 10.3. The highest BCUT2D eigenvalue weighted by Crippen LogP contribution is 2.19. The van der Waals surface area contributed by atoms with Crippen molar-refractivity contribution in [2.45, 2.75) is 40.5 Å². The first-order valence-corrected chi connectivity index (χ1v) is 8.63. The lowest BCUT2D eigenvalue weighted by Crippen LogP contribution is -2.25. The molecule has 128 valence electrons. The lowest BCUT2D eigenvalue weighted by Gasteiger charge is -2.23. The van der Waals surface area contributed by atoms with Crippen LogP contribution < -0.4 is 10.2 Å². The van der Waals surface area contributed by atoms with Crippen molar-refractivity contribution in [1.29, 1.82) is 0 Å². The number of aryl methyl sites for hydroxylation is 2. The second kappa shape index (κ2) is 8.48. The van der Waals surface area contributed by atoms with E-state index in [2.05, 4.69) is 35.1 Å². The molecule has 1 amide bonds. The number of carbonyl (C=O) groups excluding carboxylic acids is 1. The molecular formula is C20H27N3O. The molecule has 0 unspecified atom stereocenters. The van der Waals surface area contributed by atoms with E-state index in [9.17, 15) is 4.79 Å². The SMILES string of the molecule is CCCN(CCC)c1cncc(C(=O)Nc2ccc(C)cc2C)c1. The number of amides is 1. The van der Waals surface area contributed by atoms with Gasteiger partial charge in [-0.2, -0.15) is 0 Å². The maximum Gasteiger partial charge on any atom is 0.257 e. The molecule has 0 fully saturated rings. The molecule has 0 saturated carbocycles. The smallest absolute Gasteiger partial charge is 0.257 e. The maximum atomic E-state index is 12.6. The summed E-state index contributed by atoms with van der Waals surface area (Å²) < 4.78 is 0. The topological polar surface area (TPSA) is 45.2 Å². The molecule has 4 heteroatoms. The molecule has 2 aromatic rings. The predicted octanol–water partition coefficient (Wildman–Crippen LogP) is 4.58. The number of anilines is 2. The van der Waals surface area contributed by atoms with Crippen LogP contribution in [-0.2, 0) is 0 Å². The number of benzene rings is 1. The molecule has 0 aliphatic heterocycles. The van der Waals surface area contributed by atoms with Crippen LogP contribution in [0.5, 0.6) is 0 Å². The first-order chi connectivity index (χ1) is 11.5. The summed E-state index contributed by atoms with van der Waals surface area (Å²) in [6, 6.07) is 7.94. The van der Waals surface area contributed by atoms with E-state index in [1.54, 1.807) is 6.20 Å². The van der Waals surface area contributed by atoms with Gasteiger partial charge in [0.15, 0.2) is 0 Å². The molecule has 2 rings (SSSR count). The highest BCUT2D eigenvalue weighted by molar-refractivity contribution is 6.05. The Morgan fingerprint density at radius 3 is 2.42 bits per heavy atom. The number of rotatable bonds is 7. The fourth-order valence-electron chi connectivity index (χ4n) is 2.78. The van der Waals surface area contributed by atoms with Gasteiger partial charge in [0.25, 0.3) is 5.91 Å². The Labute approximate surface area is 144 Å². The normalized spacial score (nSPS) is 10.5. The van der Waals surface area contributed by atoms with E-state index in [0.29, 0.717) is 5.56 Å². The third-order valence-electron chi connectivity index (χ3n) is 3.97. The van der Waals surface area contributed by atoms with Crippen molar-refractivity contribution in [2.24, 2.45) is 0 Å². The van der Waals surface area contributed by atoms with Crippen molar-refractivity contribution in [3.05, 3.63) is 53.3 Å². The van der Waals surface area contributed by atoms with Crippen molar-refractivity contribution < 1.29 is 4.79 Å². The van der Waals surface area contributed by atoms with Gasteiger partial charge in [-0.15, -0.1) is 0 Å². The first kappa shape index (κ1) is 18.0. The van der Waals surface area contributed by atoms with Crippen molar-refractivity contribution >= 4 is 17.3 Å². The van der Waals surface area contributed by atoms with Crippen molar-refractivity contribution in [3.8, 4) is 0 Å². The third-order valence-corrected chi connectivity index (χ3v) is 3.97. The lowest BCUT2D eigenvalue weighted by atomic mass is 10.1. The fourth-order valence-corrected chi connectivity index (χ4v) is 2.78. The summed E-state index contributed by atoms with van der Waals surface area (Å²) in [4.78, 5) is 19.1. The van der Waals surface area contributed by atoms with E-state index in [1.165, 1.54) is 5.56 Å². The summed E-state index contributed by atoms with van der Waals surface area (Å²) in [5.74, 6) is -0.121. The average molecular weight is 325 g/mol. The summed E-state index contributed by atoms with van der Waals surface area (Å²) in [5.41, 5.74) is 4.68. The van der Waals surface area contributed by atoms with Crippen LogP contribution in [0, 0.1) is 13.8 Å². The summed E-state index contributed by atoms with van der Waals surface area (Å²) in [7, 11) is 0. The van der Waals surface area contributed by atoms with E-state index in [-0.39, 0.29) is 5.91 Å². The third kappa shape index (κ3) is 4.57. The van der Waals surface area contributed by atoms with Crippen LogP contribution in [-0.4, -0.2) is 24.0 Å². The molecule has 1 N–H and O–H groups in total. The van der Waals surface area contributed by atoms with Crippen LogP contribution in [0.3, 0.4) is 0 Å². The molecule has 0 aliphatic rings. The van der Waals surface area contributed by atoms with Crippen LogP contribution in [0.2, 0.25) is 0 Å². The van der Waals surface area contributed by atoms with Gasteiger partial charge in [0.05, 0.1) is 17.4 Å². The Hall–Kier alpha value is -2.36. The molecule has 1 aromatic heterocycles. The van der Waals surface area contributed by atoms with Crippen LogP contribution in [0.15, 0.2) is 36.7 Å². The lowest BCUT2D eigenvalue weighted by molar-refractivity contribution is 0.102. The zero-order valence-electron chi connectivity index (χ0n) is 15.1. The van der Waals surface area contributed by atoms with Gasteiger partial charge in [0.1, 0.15) is 0 Å². The second-order valence-corrected chi connectivity index (χ2v) is 6.19. The molecule has 0 atom stereocenters. The predicted molar refractivity (Wildman–Crippen MR) is 101 cm³/mol. The van der Waals surface area contributed by atoms with Crippen LogP contribution in [0.4, 0.5) is 11.4 Å². The molecule has 0 spiro atoms. The average Bonchev–Trinajstić information content (AvgIpc) is 2.57. The number of hydrogen-bond donors (Lipinski definition) is 1. The fraction of sp³-hybridized carbons (Fsp3) is 0.400. The molecule has 4 nitrogen and oxygen atoms in total. The largest absolute Gasteiger partial charge is 0.370 e. The molecule has 0 saturated heterocycles. The van der Waals surface area contributed by atoms with Gasteiger partial charge in [0, 0.05) is 25.0 Å². The molecule has 24 heavy (non-hydrogen) atoms. The van der Waals surface area contributed by atoms with E-state index < -0.39 is 0 Å². The maximum absolute atomic E-state index is 12.6. The first-order valence-electron chi connectivity index (χ1n) is 8.63. The van der Waals surface area contributed by atoms with Gasteiger partial charge in [-0.1, -0.05) is 31.5 Å². The standard InChI is InChI=1S/C20H27N3O/c1-5-9-23(10-6-2)18-12-17(13-21-14-18)20(24)22-19-8-7-15(3)11-16(19)4/h7-8,11-14H,5-6,9-10H2,1-4H3,(H,22,24). The summed E-state index contributed by atoms with van der Waals surface area (Å²) in [5, 5.41) is 2.99. The minimum Gasteiger partial charge on any atom is -0.370 e. The molecule has 0 bridgehead atoms. The second-order valence-electron chi connectivity index (χ2n) is 6.19. The number of hydrogen-bond acceptors (Lipinski definition) is 3. The van der Waals surface area contributed by atoms with Crippen molar-refractivity contribution in [2.75, 3.05) is 23.3 Å². The van der Waals surface area contributed by atoms with Gasteiger partial charge >= 0.3 is 0 Å². The minimum atomic E-state index is -0.121. The molecular weight excluding hydrogens is 298 g/mol. The number of carbonyl (C=O) groups is 1. The number of pyridine rings is 1. The molecule has 0 radical (unpaired) electrons. The Morgan fingerprint density at radius 2 is 1.79 bits per heavy atom. The van der Waals surface area contributed by atoms with Crippen LogP contribution >= 0.6 is 0 Å². The van der Waals surface area contributed by atoms with Gasteiger partial charge in [-0.25, -0.2) is 0 Å². The zero-order chi connectivity index (χ0) is 17.5. The van der Waals surface area contributed by atoms with E-state index in [4.69, 9.17) is 0 Å². The number of nitrogens with zero attached hydrogens (tertiary/aromatic N) is 2. The minimum absolute atomic E-state index is 0.121. The highest BCUT2D eigenvalue weighted by atomic mass is 16.1. The number of aromatic nitrogens is 1. The molecule has 0 aliphatic carbocycles. The Balaban J connectivity index is 2.19. The summed E-state index contributed by atoms with van der Waals surface area (Å²) in [6.07, 6.45) is 5.59. The summed E-state index contributed by atoms with van der Waals surface area (Å²) >= 11 is 0. The zero-order valence-corrected chi connectivity index (χ0v) is 15.1. The van der Waals surface area contributed by atoms with Crippen molar-refractivity contribution in [3.63, 3.8) is 0 Å². The van der Waals surface area contributed by atoms with Crippen LogP contribution in [0.25, 0.3) is 0 Å². The van der Waals surface area contributed by atoms with E-state index in [1.807, 2.05) is 38.2 Å². The van der Waals surface area contributed by atoms with Gasteiger partial charge in [-0.05, 0) is 44.4 Å². The Bertz CT molecular complexity index is 691. The molecule has 1 heterocycles. The van der Waals surface area contributed by atoms with Gasteiger partial charge < -0.3 is 10.2 Å². The van der Waals surface area contributed by atoms with Gasteiger partial charge in [0.2, 0.25) is 0 Å². The Morgan fingerprint density at radius 1 is 1.08 bits per heavy atom. The van der Waals surface area contributed by atoms with Crippen molar-refractivity contribution in [1.82, 2.24) is 4.98 Å². The quantitative estimate of drug-likeness (QED) is 0.810. The Kier molecular flexibility index (Phi) is 6.36. The van der Waals surface area contributed by atoms with Crippen LogP contribution in [0.1, 0.15) is 48.2 Å². The van der Waals surface area contributed by atoms with Gasteiger partial charge in [-0.3, -0.25) is 9.78 Å². The van der Waals surface area contributed by atoms with E-state index in [0.717, 1.165) is 42.9 Å². The highest BCUT2D eigenvalue weighted by Gasteiger charge is 2.12. The monoisotopic (exact) mass is 325 g/mol.